The summed E-state index contributed by atoms with van der Waals surface area (Å²) in [6, 6.07) is 15.2. The van der Waals surface area contributed by atoms with E-state index in [9.17, 15) is 4.79 Å². The zero-order valence-corrected chi connectivity index (χ0v) is 17.0. The van der Waals surface area contributed by atoms with Crippen molar-refractivity contribution in [2.24, 2.45) is 0 Å². The number of amides is 1. The Hall–Kier alpha value is -1.93. The van der Waals surface area contributed by atoms with E-state index in [1.807, 2.05) is 55.5 Å². The Balaban J connectivity index is 1.53. The van der Waals surface area contributed by atoms with Gasteiger partial charge in [0.2, 0.25) is 17.6 Å². The number of nitrogens with one attached hydrogen (secondary N) is 1. The van der Waals surface area contributed by atoms with Gasteiger partial charge < -0.3 is 9.84 Å². The number of aryl methyl sites for hydroxylation is 1. The minimum absolute atomic E-state index is 0.0681. The van der Waals surface area contributed by atoms with E-state index in [4.69, 9.17) is 16.1 Å². The number of carbonyl (C=O) groups is 1. The lowest BCUT2D eigenvalue weighted by atomic mass is 10.1. The molecule has 0 unspecified atom stereocenters. The number of halogens is 2. The number of carbonyl (C=O) groups excluding carboxylic acids is 1. The van der Waals surface area contributed by atoms with E-state index in [2.05, 4.69) is 38.0 Å². The fourth-order valence-corrected chi connectivity index (χ4v) is 2.93. The number of hydrogen-bond acceptors (Lipinski definition) is 4. The molecule has 3 aromatic rings. The average Bonchev–Trinajstić information content (AvgIpc) is 3.10. The van der Waals surface area contributed by atoms with Crippen LogP contribution < -0.4 is 5.32 Å². The van der Waals surface area contributed by atoms with Crippen LogP contribution in [-0.4, -0.2) is 16.0 Å². The van der Waals surface area contributed by atoms with Crippen LogP contribution in [0.15, 0.2) is 53.1 Å². The number of rotatable bonds is 6. The van der Waals surface area contributed by atoms with Gasteiger partial charge in [0.05, 0.1) is 6.04 Å². The summed E-state index contributed by atoms with van der Waals surface area (Å²) in [5, 5.41) is 7.61. The summed E-state index contributed by atoms with van der Waals surface area (Å²) >= 11 is 8.12. The van der Waals surface area contributed by atoms with E-state index < -0.39 is 0 Å². The van der Waals surface area contributed by atoms with Gasteiger partial charge in [-0.15, -0.1) is 0 Å². The highest BCUT2D eigenvalue weighted by Crippen LogP contribution is 2.18. The Morgan fingerprint density at radius 2 is 1.88 bits per heavy atom. The average molecular weight is 482 g/mol. The normalized spacial score (nSPS) is 12.0. The predicted octanol–water partition coefficient (Wildman–Crippen LogP) is 4.80. The first kappa shape index (κ1) is 18.8. The van der Waals surface area contributed by atoms with Gasteiger partial charge in [0.1, 0.15) is 0 Å². The van der Waals surface area contributed by atoms with Crippen molar-refractivity contribution in [1.29, 1.82) is 0 Å². The number of nitrogens with zero attached hydrogens (tertiary/aromatic N) is 2. The van der Waals surface area contributed by atoms with Gasteiger partial charge in [-0.05, 0) is 59.3 Å². The van der Waals surface area contributed by atoms with Crippen LogP contribution in [0.4, 0.5) is 0 Å². The molecule has 1 amide bonds. The summed E-state index contributed by atoms with van der Waals surface area (Å²) in [4.78, 5) is 16.5. The van der Waals surface area contributed by atoms with Crippen LogP contribution in [-0.2, 0) is 11.2 Å². The van der Waals surface area contributed by atoms with Crippen molar-refractivity contribution in [2.45, 2.75) is 25.8 Å². The van der Waals surface area contributed by atoms with Crippen molar-refractivity contribution in [1.82, 2.24) is 15.5 Å². The molecule has 2 aromatic carbocycles. The monoisotopic (exact) mass is 481 g/mol. The van der Waals surface area contributed by atoms with Crippen LogP contribution in [0.5, 0.6) is 0 Å². The van der Waals surface area contributed by atoms with E-state index >= 15 is 0 Å². The molecule has 0 bridgehead atoms. The molecular formula is C19H17ClIN3O2. The SMILES string of the molecule is C[C@@H](NC(=O)CCc1nc(-c2ccc(I)cc2)no1)c1ccc(Cl)cc1. The molecule has 1 aromatic heterocycles. The first-order valence-corrected chi connectivity index (χ1v) is 9.60. The molecule has 0 spiro atoms. The van der Waals surface area contributed by atoms with Crippen LogP contribution in [0.25, 0.3) is 11.4 Å². The lowest BCUT2D eigenvalue weighted by molar-refractivity contribution is -0.121. The molecule has 3 rings (SSSR count). The third-order valence-electron chi connectivity index (χ3n) is 3.88. The van der Waals surface area contributed by atoms with Crippen LogP contribution >= 0.6 is 34.2 Å². The van der Waals surface area contributed by atoms with Gasteiger partial charge in [0.25, 0.3) is 0 Å². The molecule has 0 aliphatic rings. The van der Waals surface area contributed by atoms with Crippen LogP contribution in [0, 0.1) is 3.57 Å². The third kappa shape index (κ3) is 5.04. The second-order valence-electron chi connectivity index (χ2n) is 5.86. The van der Waals surface area contributed by atoms with Crippen molar-refractivity contribution < 1.29 is 9.32 Å². The number of benzene rings is 2. The predicted molar refractivity (Wildman–Crippen MR) is 109 cm³/mol. The minimum atomic E-state index is -0.0928. The zero-order chi connectivity index (χ0) is 18.5. The standard InChI is InChI=1S/C19H17ClIN3O2/c1-12(13-2-6-15(20)7-3-13)22-17(25)10-11-18-23-19(24-26-18)14-4-8-16(21)9-5-14/h2-9,12H,10-11H2,1H3,(H,22,25)/t12-/m1/s1. The van der Waals surface area contributed by atoms with Crippen LogP contribution in [0.3, 0.4) is 0 Å². The molecule has 0 saturated heterocycles. The van der Waals surface area contributed by atoms with Crippen LogP contribution in [0.1, 0.15) is 30.8 Å². The van der Waals surface area contributed by atoms with Gasteiger partial charge in [-0.2, -0.15) is 4.98 Å². The fourth-order valence-electron chi connectivity index (χ4n) is 2.44. The zero-order valence-electron chi connectivity index (χ0n) is 14.1. The Labute approximate surface area is 170 Å². The first-order chi connectivity index (χ1) is 12.5. The van der Waals surface area contributed by atoms with Crippen molar-refractivity contribution in [3.05, 3.63) is 68.6 Å². The molecule has 134 valence electrons. The number of aromatic nitrogens is 2. The van der Waals surface area contributed by atoms with Gasteiger partial charge >= 0.3 is 0 Å². The Morgan fingerprint density at radius 1 is 1.19 bits per heavy atom. The molecule has 0 fully saturated rings. The molecule has 26 heavy (non-hydrogen) atoms. The highest BCUT2D eigenvalue weighted by atomic mass is 127. The Bertz CT molecular complexity index is 879. The maximum Gasteiger partial charge on any atom is 0.227 e. The lowest BCUT2D eigenvalue weighted by Crippen LogP contribution is -2.26. The highest BCUT2D eigenvalue weighted by molar-refractivity contribution is 14.1. The summed E-state index contributed by atoms with van der Waals surface area (Å²) in [6.45, 7) is 1.93. The van der Waals surface area contributed by atoms with Gasteiger partial charge in [-0.3, -0.25) is 4.79 Å². The van der Waals surface area contributed by atoms with Crippen molar-refractivity contribution in [3.63, 3.8) is 0 Å². The smallest absolute Gasteiger partial charge is 0.227 e. The van der Waals surface area contributed by atoms with Gasteiger partial charge in [-0.25, -0.2) is 0 Å². The third-order valence-corrected chi connectivity index (χ3v) is 4.86. The molecule has 1 heterocycles. The van der Waals surface area contributed by atoms with E-state index in [0.29, 0.717) is 23.2 Å². The molecule has 0 radical (unpaired) electrons. The highest BCUT2D eigenvalue weighted by Gasteiger charge is 2.13. The number of hydrogen-bond donors (Lipinski definition) is 1. The first-order valence-electron chi connectivity index (χ1n) is 8.14. The lowest BCUT2D eigenvalue weighted by Gasteiger charge is -2.14. The molecule has 7 heteroatoms. The maximum absolute atomic E-state index is 12.2. The summed E-state index contributed by atoms with van der Waals surface area (Å²) in [7, 11) is 0. The molecule has 5 nitrogen and oxygen atoms in total. The fraction of sp³-hybridized carbons (Fsp3) is 0.211. The van der Waals surface area contributed by atoms with E-state index in [-0.39, 0.29) is 18.4 Å². The van der Waals surface area contributed by atoms with Gasteiger partial charge in [0, 0.05) is 27.0 Å². The topological polar surface area (TPSA) is 68.0 Å². The molecule has 1 atom stereocenters. The molecule has 1 N–H and O–H groups in total. The Kier molecular flexibility index (Phi) is 6.26. The summed E-state index contributed by atoms with van der Waals surface area (Å²) in [5.74, 6) is 0.917. The largest absolute Gasteiger partial charge is 0.350 e. The van der Waals surface area contributed by atoms with E-state index in [0.717, 1.165) is 14.7 Å². The molecule has 0 aliphatic heterocycles. The van der Waals surface area contributed by atoms with Gasteiger partial charge in [0.15, 0.2) is 0 Å². The van der Waals surface area contributed by atoms with E-state index in [1.165, 1.54) is 0 Å². The maximum atomic E-state index is 12.2. The molecule has 0 saturated carbocycles. The van der Waals surface area contributed by atoms with E-state index in [1.54, 1.807) is 0 Å². The Morgan fingerprint density at radius 3 is 2.58 bits per heavy atom. The quantitative estimate of drug-likeness (QED) is 0.513. The molecule has 0 aliphatic carbocycles. The summed E-state index contributed by atoms with van der Waals surface area (Å²) in [5.41, 5.74) is 1.89. The van der Waals surface area contributed by atoms with Gasteiger partial charge in [-0.1, -0.05) is 41.0 Å². The van der Waals surface area contributed by atoms with Crippen molar-refractivity contribution >= 4 is 40.1 Å². The van der Waals surface area contributed by atoms with Crippen molar-refractivity contribution in [2.75, 3.05) is 0 Å². The summed E-state index contributed by atoms with van der Waals surface area (Å²) < 4.78 is 6.39. The van der Waals surface area contributed by atoms with Crippen LogP contribution in [0.2, 0.25) is 5.02 Å². The minimum Gasteiger partial charge on any atom is -0.350 e. The summed E-state index contributed by atoms with van der Waals surface area (Å²) in [6.07, 6.45) is 0.683. The second kappa shape index (κ2) is 8.64. The van der Waals surface area contributed by atoms with Crippen molar-refractivity contribution in [3.8, 4) is 11.4 Å². The molecular weight excluding hydrogens is 465 g/mol. The second-order valence-corrected chi connectivity index (χ2v) is 7.54.